The smallest absolute Gasteiger partial charge is 0.221 e. The number of nitrogens with zero attached hydrogens (tertiary/aromatic N) is 3. The summed E-state index contributed by atoms with van der Waals surface area (Å²) in [6.07, 6.45) is 3.14. The third-order valence-electron chi connectivity index (χ3n) is 4.24. The molecule has 1 aromatic carbocycles. The van der Waals surface area contributed by atoms with Crippen molar-refractivity contribution in [2.45, 2.75) is 46.6 Å². The van der Waals surface area contributed by atoms with E-state index in [-0.39, 0.29) is 5.91 Å². The number of unbranched alkanes of at least 4 members (excludes halogenated alkanes) is 1. The standard InChI is InChI=1S/C20H24N4O/c1-4-5-11-19-23-18-12-17(22-15(3)25)14(2)21-20(18)24(19)13-16-9-7-6-8-10-16/h6-10,12H,4-5,11,13H2,1-3H3,(H,22,25). The van der Waals surface area contributed by atoms with E-state index in [2.05, 4.69) is 28.9 Å². The van der Waals surface area contributed by atoms with Crippen LogP contribution in [0.3, 0.4) is 0 Å². The number of rotatable bonds is 6. The van der Waals surface area contributed by atoms with Crippen molar-refractivity contribution in [2.75, 3.05) is 5.32 Å². The molecule has 0 bridgehead atoms. The monoisotopic (exact) mass is 336 g/mol. The molecule has 0 fully saturated rings. The van der Waals surface area contributed by atoms with E-state index in [1.165, 1.54) is 12.5 Å². The second-order valence-electron chi connectivity index (χ2n) is 6.35. The van der Waals surface area contributed by atoms with Gasteiger partial charge in [0.25, 0.3) is 0 Å². The molecule has 0 saturated carbocycles. The lowest BCUT2D eigenvalue weighted by molar-refractivity contribution is -0.114. The summed E-state index contributed by atoms with van der Waals surface area (Å²) in [6.45, 7) is 6.35. The predicted octanol–water partition coefficient (Wildman–Crippen LogP) is 4.09. The Morgan fingerprint density at radius 2 is 1.96 bits per heavy atom. The Balaban J connectivity index is 2.07. The number of amides is 1. The fourth-order valence-electron chi connectivity index (χ4n) is 2.96. The van der Waals surface area contributed by atoms with Crippen molar-refractivity contribution in [3.63, 3.8) is 0 Å². The van der Waals surface area contributed by atoms with Crippen LogP contribution in [0.5, 0.6) is 0 Å². The Bertz CT molecular complexity index is 884. The summed E-state index contributed by atoms with van der Waals surface area (Å²) in [7, 11) is 0. The maximum absolute atomic E-state index is 11.4. The molecular weight excluding hydrogens is 312 g/mol. The van der Waals surface area contributed by atoms with E-state index < -0.39 is 0 Å². The molecule has 3 rings (SSSR count). The number of imidazole rings is 1. The van der Waals surface area contributed by atoms with E-state index in [0.717, 1.165) is 54.2 Å². The van der Waals surface area contributed by atoms with Crippen LogP contribution in [0.2, 0.25) is 0 Å². The van der Waals surface area contributed by atoms with Gasteiger partial charge >= 0.3 is 0 Å². The van der Waals surface area contributed by atoms with E-state index in [4.69, 9.17) is 9.97 Å². The molecule has 0 saturated heterocycles. The van der Waals surface area contributed by atoms with Gasteiger partial charge in [-0.2, -0.15) is 0 Å². The summed E-state index contributed by atoms with van der Waals surface area (Å²) in [5, 5.41) is 2.84. The molecule has 5 heteroatoms. The highest BCUT2D eigenvalue weighted by atomic mass is 16.1. The van der Waals surface area contributed by atoms with Gasteiger partial charge in [-0.15, -0.1) is 0 Å². The van der Waals surface area contributed by atoms with Gasteiger partial charge in [0.1, 0.15) is 11.3 Å². The molecule has 0 unspecified atom stereocenters. The number of pyridine rings is 1. The fourth-order valence-corrected chi connectivity index (χ4v) is 2.96. The van der Waals surface area contributed by atoms with Gasteiger partial charge in [-0.1, -0.05) is 43.7 Å². The molecule has 0 aliphatic rings. The molecule has 2 heterocycles. The predicted molar refractivity (Wildman–Crippen MR) is 101 cm³/mol. The lowest BCUT2D eigenvalue weighted by atomic mass is 10.2. The highest BCUT2D eigenvalue weighted by Gasteiger charge is 2.15. The van der Waals surface area contributed by atoms with Crippen molar-refractivity contribution < 1.29 is 4.79 Å². The van der Waals surface area contributed by atoms with E-state index in [1.54, 1.807) is 0 Å². The average Bonchev–Trinajstić information content (AvgIpc) is 2.90. The zero-order chi connectivity index (χ0) is 17.8. The van der Waals surface area contributed by atoms with Crippen LogP contribution in [-0.2, 0) is 17.8 Å². The molecule has 1 amide bonds. The van der Waals surface area contributed by atoms with Crippen LogP contribution in [0.1, 0.15) is 43.8 Å². The number of anilines is 1. The number of benzene rings is 1. The number of hydrogen-bond donors (Lipinski definition) is 1. The first-order valence-electron chi connectivity index (χ1n) is 8.76. The van der Waals surface area contributed by atoms with Gasteiger partial charge in [0.05, 0.1) is 17.9 Å². The molecule has 5 nitrogen and oxygen atoms in total. The highest BCUT2D eigenvalue weighted by molar-refractivity contribution is 5.91. The van der Waals surface area contributed by atoms with Gasteiger partial charge in [-0.05, 0) is 25.0 Å². The van der Waals surface area contributed by atoms with Crippen LogP contribution in [0.25, 0.3) is 11.2 Å². The van der Waals surface area contributed by atoms with Gasteiger partial charge in [0.15, 0.2) is 5.65 Å². The maximum atomic E-state index is 11.4. The normalized spacial score (nSPS) is 11.0. The molecule has 0 spiro atoms. The van der Waals surface area contributed by atoms with Gasteiger partial charge < -0.3 is 9.88 Å². The Kier molecular flexibility index (Phi) is 5.12. The number of fused-ring (bicyclic) bond motifs is 1. The molecule has 0 aliphatic heterocycles. The summed E-state index contributed by atoms with van der Waals surface area (Å²) in [6, 6.07) is 12.3. The van der Waals surface area contributed by atoms with Crippen LogP contribution >= 0.6 is 0 Å². The van der Waals surface area contributed by atoms with Crippen LogP contribution < -0.4 is 5.32 Å². The fraction of sp³-hybridized carbons (Fsp3) is 0.350. The summed E-state index contributed by atoms with van der Waals surface area (Å²) < 4.78 is 2.20. The van der Waals surface area contributed by atoms with Gasteiger partial charge in [-0.25, -0.2) is 9.97 Å². The lowest BCUT2D eigenvalue weighted by Crippen LogP contribution is -2.09. The van der Waals surface area contributed by atoms with Crippen LogP contribution in [0.15, 0.2) is 36.4 Å². The summed E-state index contributed by atoms with van der Waals surface area (Å²) in [4.78, 5) is 20.9. The number of aryl methyl sites for hydroxylation is 2. The van der Waals surface area contributed by atoms with Crippen molar-refractivity contribution in [3.8, 4) is 0 Å². The zero-order valence-corrected chi connectivity index (χ0v) is 15.0. The van der Waals surface area contributed by atoms with Crippen molar-refractivity contribution in [1.82, 2.24) is 14.5 Å². The minimum Gasteiger partial charge on any atom is -0.325 e. The topological polar surface area (TPSA) is 59.8 Å². The Hall–Kier alpha value is -2.69. The summed E-state index contributed by atoms with van der Waals surface area (Å²) in [5.41, 5.74) is 4.47. The number of carbonyl (C=O) groups is 1. The minimum atomic E-state index is -0.0980. The molecule has 3 aromatic rings. The molecule has 1 N–H and O–H groups in total. The lowest BCUT2D eigenvalue weighted by Gasteiger charge is -2.10. The molecule has 2 aromatic heterocycles. The van der Waals surface area contributed by atoms with Gasteiger partial charge in [0.2, 0.25) is 5.91 Å². The first-order valence-corrected chi connectivity index (χ1v) is 8.76. The highest BCUT2D eigenvalue weighted by Crippen LogP contribution is 2.23. The quantitative estimate of drug-likeness (QED) is 0.737. The zero-order valence-electron chi connectivity index (χ0n) is 15.0. The maximum Gasteiger partial charge on any atom is 0.221 e. The molecule has 0 atom stereocenters. The van der Waals surface area contributed by atoms with E-state index >= 15 is 0 Å². The molecule has 0 radical (unpaired) electrons. The molecule has 130 valence electrons. The largest absolute Gasteiger partial charge is 0.325 e. The first-order chi connectivity index (χ1) is 12.1. The third-order valence-corrected chi connectivity index (χ3v) is 4.24. The van der Waals surface area contributed by atoms with Crippen molar-refractivity contribution in [3.05, 3.63) is 53.5 Å². The molecule has 25 heavy (non-hydrogen) atoms. The SMILES string of the molecule is CCCCc1nc2cc(NC(C)=O)c(C)nc2n1Cc1ccccc1. The van der Waals surface area contributed by atoms with Gasteiger partial charge in [0, 0.05) is 13.3 Å². The second-order valence-corrected chi connectivity index (χ2v) is 6.35. The van der Waals surface area contributed by atoms with Crippen LogP contribution in [-0.4, -0.2) is 20.4 Å². The van der Waals surface area contributed by atoms with Crippen molar-refractivity contribution in [1.29, 1.82) is 0 Å². The van der Waals surface area contributed by atoms with E-state index in [1.807, 2.05) is 31.2 Å². The van der Waals surface area contributed by atoms with Gasteiger partial charge in [-0.3, -0.25) is 4.79 Å². The Labute approximate surface area is 148 Å². The first kappa shape index (κ1) is 17.1. The number of hydrogen-bond acceptors (Lipinski definition) is 3. The minimum absolute atomic E-state index is 0.0980. The van der Waals surface area contributed by atoms with Crippen LogP contribution in [0.4, 0.5) is 5.69 Å². The average molecular weight is 336 g/mol. The van der Waals surface area contributed by atoms with Crippen molar-refractivity contribution >= 4 is 22.8 Å². The molecule has 0 aliphatic carbocycles. The van der Waals surface area contributed by atoms with Crippen LogP contribution in [0, 0.1) is 6.92 Å². The number of aromatic nitrogens is 3. The summed E-state index contributed by atoms with van der Waals surface area (Å²) in [5.74, 6) is 0.951. The number of carbonyl (C=O) groups excluding carboxylic acids is 1. The van der Waals surface area contributed by atoms with Crippen molar-refractivity contribution in [2.24, 2.45) is 0 Å². The third kappa shape index (κ3) is 3.87. The Morgan fingerprint density at radius 1 is 1.20 bits per heavy atom. The number of nitrogens with one attached hydrogen (secondary N) is 1. The van der Waals surface area contributed by atoms with E-state index in [9.17, 15) is 4.79 Å². The summed E-state index contributed by atoms with van der Waals surface area (Å²) >= 11 is 0. The Morgan fingerprint density at radius 3 is 2.64 bits per heavy atom. The molecular formula is C20H24N4O. The second kappa shape index (κ2) is 7.47. The van der Waals surface area contributed by atoms with E-state index in [0.29, 0.717) is 0 Å².